The molecular weight excluding hydrogens is 310 g/mol. The monoisotopic (exact) mass is 335 g/mol. The minimum Gasteiger partial charge on any atom is -0.297 e. The molecule has 5 nitrogen and oxygen atoms in total. The summed E-state index contributed by atoms with van der Waals surface area (Å²) in [6.45, 7) is 4.41. The molecule has 0 bridgehead atoms. The van der Waals surface area contributed by atoms with Crippen LogP contribution in [0.3, 0.4) is 0 Å². The van der Waals surface area contributed by atoms with Crippen LogP contribution in [0.25, 0.3) is 0 Å². The number of aromatic nitrogens is 1. The van der Waals surface area contributed by atoms with Crippen molar-refractivity contribution in [1.29, 1.82) is 0 Å². The molecule has 1 aromatic heterocycles. The minimum atomic E-state index is -3.01. The van der Waals surface area contributed by atoms with Crippen LogP contribution in [0.5, 0.6) is 0 Å². The standard InChI is InChI=1S/C17H25N3O2S/c21-23(22,16-5-6-16)20-11-8-17(14-20)7-3-10-19(13-17)12-15-4-1-2-9-18-15/h1-2,4,9,16H,3,5-8,10-14H2. The maximum absolute atomic E-state index is 12.5. The smallest absolute Gasteiger partial charge is 0.217 e. The third-order valence-electron chi connectivity index (χ3n) is 5.56. The molecule has 1 aromatic rings. The van der Waals surface area contributed by atoms with Crippen molar-refractivity contribution in [3.63, 3.8) is 0 Å². The van der Waals surface area contributed by atoms with Gasteiger partial charge >= 0.3 is 0 Å². The Bertz CT molecular complexity index is 660. The molecule has 6 heteroatoms. The first-order valence-corrected chi connectivity index (χ1v) is 10.2. The van der Waals surface area contributed by atoms with Gasteiger partial charge in [0.05, 0.1) is 10.9 Å². The van der Waals surface area contributed by atoms with Crippen LogP contribution in [0.15, 0.2) is 24.4 Å². The van der Waals surface area contributed by atoms with Crippen LogP contribution in [0.2, 0.25) is 0 Å². The van der Waals surface area contributed by atoms with Gasteiger partial charge in [-0.05, 0) is 56.2 Å². The highest BCUT2D eigenvalue weighted by atomic mass is 32.2. The zero-order chi connectivity index (χ0) is 15.9. The van der Waals surface area contributed by atoms with Gasteiger partial charge in [0.25, 0.3) is 0 Å². The topological polar surface area (TPSA) is 53.5 Å². The first kappa shape index (κ1) is 15.5. The Morgan fingerprint density at radius 1 is 1.17 bits per heavy atom. The van der Waals surface area contributed by atoms with Gasteiger partial charge in [0.2, 0.25) is 10.0 Å². The van der Waals surface area contributed by atoms with Crippen molar-refractivity contribution in [2.45, 2.75) is 43.9 Å². The van der Waals surface area contributed by atoms with Crippen LogP contribution in [0, 0.1) is 5.41 Å². The Labute approximate surface area is 138 Å². The molecular formula is C17H25N3O2S. The van der Waals surface area contributed by atoms with E-state index in [9.17, 15) is 8.42 Å². The number of pyridine rings is 1. The van der Waals surface area contributed by atoms with E-state index in [2.05, 4.69) is 16.0 Å². The molecule has 0 aromatic carbocycles. The molecule has 1 atom stereocenters. The zero-order valence-corrected chi connectivity index (χ0v) is 14.3. The largest absolute Gasteiger partial charge is 0.297 e. The van der Waals surface area contributed by atoms with Crippen LogP contribution in [0.1, 0.15) is 37.8 Å². The Balaban J connectivity index is 1.43. The lowest BCUT2D eigenvalue weighted by atomic mass is 9.79. The highest BCUT2D eigenvalue weighted by Gasteiger charge is 2.48. The number of likely N-dealkylation sites (tertiary alicyclic amines) is 1. The lowest BCUT2D eigenvalue weighted by molar-refractivity contribution is 0.0925. The van der Waals surface area contributed by atoms with Gasteiger partial charge in [-0.2, -0.15) is 0 Å². The number of nitrogens with zero attached hydrogens (tertiary/aromatic N) is 3. The van der Waals surface area contributed by atoms with Crippen LogP contribution < -0.4 is 0 Å². The third-order valence-corrected chi connectivity index (χ3v) is 7.91. The second-order valence-corrected chi connectivity index (χ2v) is 9.68. The van der Waals surface area contributed by atoms with E-state index in [1.807, 2.05) is 18.3 Å². The SMILES string of the molecule is O=S(=O)(C1CC1)N1CCC2(CCCN(Cc3ccccn3)C2)C1. The maximum atomic E-state index is 12.5. The fourth-order valence-electron chi connectivity index (χ4n) is 4.19. The number of hydrogen-bond donors (Lipinski definition) is 0. The van der Waals surface area contributed by atoms with E-state index >= 15 is 0 Å². The summed E-state index contributed by atoms with van der Waals surface area (Å²) in [6, 6.07) is 6.04. The van der Waals surface area contributed by atoms with E-state index in [0.29, 0.717) is 0 Å². The molecule has 3 heterocycles. The summed E-state index contributed by atoms with van der Waals surface area (Å²) in [7, 11) is -3.01. The number of sulfonamides is 1. The Morgan fingerprint density at radius 3 is 2.78 bits per heavy atom. The molecule has 1 saturated carbocycles. The van der Waals surface area contributed by atoms with Crippen LogP contribution in [-0.2, 0) is 16.6 Å². The lowest BCUT2D eigenvalue weighted by Crippen LogP contribution is -2.45. The summed E-state index contributed by atoms with van der Waals surface area (Å²) in [5.41, 5.74) is 1.26. The second-order valence-electron chi connectivity index (χ2n) is 7.46. The van der Waals surface area contributed by atoms with Crippen molar-refractivity contribution in [2.24, 2.45) is 5.41 Å². The normalized spacial score (nSPS) is 30.1. The van der Waals surface area contributed by atoms with E-state index in [4.69, 9.17) is 0 Å². The van der Waals surface area contributed by atoms with Gasteiger partial charge in [-0.25, -0.2) is 12.7 Å². The molecule has 2 saturated heterocycles. The van der Waals surface area contributed by atoms with Crippen molar-refractivity contribution in [3.05, 3.63) is 30.1 Å². The molecule has 3 fully saturated rings. The van der Waals surface area contributed by atoms with Crippen LogP contribution >= 0.6 is 0 Å². The van der Waals surface area contributed by atoms with Gasteiger partial charge in [-0.3, -0.25) is 9.88 Å². The Hall–Kier alpha value is -0.980. The number of piperidine rings is 1. The van der Waals surface area contributed by atoms with Gasteiger partial charge in [0.1, 0.15) is 0 Å². The summed E-state index contributed by atoms with van der Waals surface area (Å²) in [5, 5.41) is -0.0779. The van der Waals surface area contributed by atoms with Gasteiger partial charge in [-0.15, -0.1) is 0 Å². The van der Waals surface area contributed by atoms with Crippen LogP contribution in [0.4, 0.5) is 0 Å². The van der Waals surface area contributed by atoms with Crippen molar-refractivity contribution < 1.29 is 8.42 Å². The first-order valence-electron chi connectivity index (χ1n) is 8.69. The third kappa shape index (κ3) is 3.16. The van der Waals surface area contributed by atoms with Crippen LogP contribution in [-0.4, -0.2) is 54.0 Å². The van der Waals surface area contributed by atoms with Crippen molar-refractivity contribution in [2.75, 3.05) is 26.2 Å². The Kier molecular flexibility index (Phi) is 3.94. The van der Waals surface area contributed by atoms with E-state index < -0.39 is 10.0 Å². The fourth-order valence-corrected chi connectivity index (χ4v) is 6.14. The van der Waals surface area contributed by atoms with Gasteiger partial charge in [-0.1, -0.05) is 6.07 Å². The fraction of sp³-hybridized carbons (Fsp3) is 0.706. The summed E-state index contributed by atoms with van der Waals surface area (Å²) in [6.07, 6.45) is 6.88. The summed E-state index contributed by atoms with van der Waals surface area (Å²) >= 11 is 0. The lowest BCUT2D eigenvalue weighted by Gasteiger charge is -2.40. The molecule has 126 valence electrons. The average molecular weight is 335 g/mol. The van der Waals surface area contributed by atoms with Crippen molar-refractivity contribution in [1.82, 2.24) is 14.2 Å². The zero-order valence-electron chi connectivity index (χ0n) is 13.5. The quantitative estimate of drug-likeness (QED) is 0.843. The van der Waals surface area contributed by atoms with Gasteiger partial charge in [0, 0.05) is 32.4 Å². The summed E-state index contributed by atoms with van der Waals surface area (Å²) in [5.74, 6) is 0. The first-order chi connectivity index (χ1) is 11.1. The van der Waals surface area contributed by atoms with Gasteiger partial charge in [0.15, 0.2) is 0 Å². The maximum Gasteiger partial charge on any atom is 0.217 e. The highest BCUT2D eigenvalue weighted by Crippen LogP contribution is 2.42. The van der Waals surface area contributed by atoms with Gasteiger partial charge < -0.3 is 0 Å². The van der Waals surface area contributed by atoms with Crippen molar-refractivity contribution in [3.8, 4) is 0 Å². The molecule has 1 spiro atoms. The Morgan fingerprint density at radius 2 is 2.04 bits per heavy atom. The molecule has 23 heavy (non-hydrogen) atoms. The second kappa shape index (κ2) is 5.83. The van der Waals surface area contributed by atoms with E-state index in [-0.39, 0.29) is 10.7 Å². The van der Waals surface area contributed by atoms with E-state index in [0.717, 1.165) is 70.5 Å². The minimum absolute atomic E-state index is 0.0779. The highest BCUT2D eigenvalue weighted by molar-refractivity contribution is 7.90. The molecule has 1 unspecified atom stereocenters. The molecule has 4 rings (SSSR count). The molecule has 0 amide bonds. The molecule has 1 aliphatic carbocycles. The predicted octanol–water partition coefficient (Wildman–Crippen LogP) is 1.86. The summed E-state index contributed by atoms with van der Waals surface area (Å²) in [4.78, 5) is 6.88. The molecule has 0 radical (unpaired) electrons. The molecule has 2 aliphatic heterocycles. The predicted molar refractivity (Wildman–Crippen MR) is 89.3 cm³/mol. The van der Waals surface area contributed by atoms with Crippen molar-refractivity contribution >= 4 is 10.0 Å². The van der Waals surface area contributed by atoms with E-state index in [1.54, 1.807) is 4.31 Å². The number of rotatable bonds is 4. The molecule has 3 aliphatic rings. The van der Waals surface area contributed by atoms with E-state index in [1.165, 1.54) is 0 Å². The number of hydrogen-bond acceptors (Lipinski definition) is 4. The average Bonchev–Trinajstić information content (AvgIpc) is 3.32. The molecule has 0 N–H and O–H groups in total. The summed E-state index contributed by atoms with van der Waals surface area (Å²) < 4.78 is 26.8.